The second kappa shape index (κ2) is 5.67. The van der Waals surface area contributed by atoms with Gasteiger partial charge in [0.1, 0.15) is 6.04 Å². The van der Waals surface area contributed by atoms with E-state index in [0.717, 1.165) is 18.5 Å². The van der Waals surface area contributed by atoms with E-state index in [4.69, 9.17) is 0 Å². The highest BCUT2D eigenvalue weighted by Crippen LogP contribution is 2.38. The maximum absolute atomic E-state index is 11.9. The maximum atomic E-state index is 11.9. The summed E-state index contributed by atoms with van der Waals surface area (Å²) in [5.74, 6) is 0.167. The van der Waals surface area contributed by atoms with Crippen LogP contribution in [0.5, 0.6) is 0 Å². The monoisotopic (exact) mass is 290 g/mol. The van der Waals surface area contributed by atoms with Crippen molar-refractivity contribution in [2.45, 2.75) is 44.2 Å². The number of hydrogen-bond acceptors (Lipinski definition) is 4. The lowest BCUT2D eigenvalue weighted by Gasteiger charge is -2.11. The number of aromatic nitrogens is 2. The number of hydrogen-bond donors (Lipinski definition) is 2. The lowest BCUT2D eigenvalue weighted by atomic mass is 10.2. The molecule has 112 valence electrons. The number of amides is 2. The van der Waals surface area contributed by atoms with Crippen molar-refractivity contribution in [1.29, 1.82) is 0 Å². The van der Waals surface area contributed by atoms with Gasteiger partial charge in [-0.25, -0.2) is 4.98 Å². The first-order chi connectivity index (χ1) is 10.1. The van der Waals surface area contributed by atoms with Crippen LogP contribution in [0.3, 0.4) is 0 Å². The molecule has 0 spiro atoms. The van der Waals surface area contributed by atoms with Crippen LogP contribution in [0.4, 0.5) is 0 Å². The standard InChI is InChI=1S/C14H18N4O3/c19-12-4-3-10(17-12)14(21)15-5-6-18-8-16-11(7-13(18)20)9-1-2-9/h7-10H,1-6H2,(H,15,21)(H,17,19)/t10-/m1/s1. The lowest BCUT2D eigenvalue weighted by Crippen LogP contribution is -2.43. The van der Waals surface area contributed by atoms with Gasteiger partial charge < -0.3 is 10.6 Å². The van der Waals surface area contributed by atoms with E-state index >= 15 is 0 Å². The first kappa shape index (κ1) is 13.8. The molecule has 2 fully saturated rings. The highest BCUT2D eigenvalue weighted by Gasteiger charge is 2.27. The molecular weight excluding hydrogens is 272 g/mol. The fraction of sp³-hybridized carbons (Fsp3) is 0.571. The van der Waals surface area contributed by atoms with Crippen LogP contribution in [0.25, 0.3) is 0 Å². The van der Waals surface area contributed by atoms with Crippen LogP contribution >= 0.6 is 0 Å². The third-order valence-corrected chi connectivity index (χ3v) is 3.86. The highest BCUT2D eigenvalue weighted by atomic mass is 16.2. The van der Waals surface area contributed by atoms with Crippen molar-refractivity contribution < 1.29 is 9.59 Å². The maximum Gasteiger partial charge on any atom is 0.253 e. The quantitative estimate of drug-likeness (QED) is 0.765. The second-order valence-electron chi connectivity index (χ2n) is 5.57. The Balaban J connectivity index is 1.50. The fourth-order valence-electron chi connectivity index (χ4n) is 2.44. The Morgan fingerprint density at radius 1 is 1.38 bits per heavy atom. The molecular formula is C14H18N4O3. The molecule has 0 unspecified atom stereocenters. The van der Waals surface area contributed by atoms with Crippen LogP contribution in [0, 0.1) is 0 Å². The molecule has 2 heterocycles. The fourth-order valence-corrected chi connectivity index (χ4v) is 2.44. The van der Waals surface area contributed by atoms with Crippen molar-refractivity contribution in [3.63, 3.8) is 0 Å². The normalized spacial score (nSPS) is 21.1. The minimum atomic E-state index is -0.440. The lowest BCUT2D eigenvalue weighted by molar-refractivity contribution is -0.125. The molecule has 1 atom stereocenters. The summed E-state index contributed by atoms with van der Waals surface area (Å²) >= 11 is 0. The number of carbonyl (C=O) groups is 2. The van der Waals surface area contributed by atoms with E-state index in [2.05, 4.69) is 15.6 Å². The van der Waals surface area contributed by atoms with E-state index in [-0.39, 0.29) is 17.4 Å². The molecule has 7 heteroatoms. The smallest absolute Gasteiger partial charge is 0.253 e. The molecule has 21 heavy (non-hydrogen) atoms. The molecule has 1 saturated carbocycles. The molecule has 0 bridgehead atoms. The molecule has 0 aromatic carbocycles. The predicted molar refractivity (Wildman–Crippen MR) is 74.6 cm³/mol. The van der Waals surface area contributed by atoms with Crippen LogP contribution in [0.2, 0.25) is 0 Å². The van der Waals surface area contributed by atoms with Gasteiger partial charge in [0.05, 0.1) is 12.0 Å². The molecule has 2 amide bonds. The zero-order valence-corrected chi connectivity index (χ0v) is 11.7. The Kier molecular flexibility index (Phi) is 3.72. The van der Waals surface area contributed by atoms with Crippen molar-refractivity contribution in [2.24, 2.45) is 0 Å². The summed E-state index contributed by atoms with van der Waals surface area (Å²) in [6, 6.07) is 1.14. The summed E-state index contributed by atoms with van der Waals surface area (Å²) in [5.41, 5.74) is 0.782. The molecule has 1 aliphatic heterocycles. The van der Waals surface area contributed by atoms with Crippen molar-refractivity contribution in [1.82, 2.24) is 20.2 Å². The van der Waals surface area contributed by atoms with Gasteiger partial charge in [0, 0.05) is 31.5 Å². The molecule has 1 aliphatic carbocycles. The Bertz CT molecular complexity index is 621. The Morgan fingerprint density at radius 3 is 2.81 bits per heavy atom. The molecule has 0 radical (unpaired) electrons. The Labute approximate surface area is 121 Å². The van der Waals surface area contributed by atoms with E-state index in [1.165, 1.54) is 4.57 Å². The van der Waals surface area contributed by atoms with Crippen LogP contribution in [0.15, 0.2) is 17.2 Å². The molecule has 1 aromatic rings. The average Bonchev–Trinajstić information content (AvgIpc) is 3.22. The van der Waals surface area contributed by atoms with Crippen LogP contribution in [0.1, 0.15) is 37.3 Å². The van der Waals surface area contributed by atoms with Gasteiger partial charge in [-0.2, -0.15) is 0 Å². The average molecular weight is 290 g/mol. The minimum Gasteiger partial charge on any atom is -0.353 e. The first-order valence-corrected chi connectivity index (χ1v) is 7.27. The Morgan fingerprint density at radius 2 is 2.19 bits per heavy atom. The second-order valence-corrected chi connectivity index (χ2v) is 5.57. The summed E-state index contributed by atoms with van der Waals surface area (Å²) in [7, 11) is 0. The minimum absolute atomic E-state index is 0.0877. The van der Waals surface area contributed by atoms with Gasteiger partial charge in [0.2, 0.25) is 11.8 Å². The van der Waals surface area contributed by atoms with Crippen molar-refractivity contribution in [3.05, 3.63) is 28.4 Å². The van der Waals surface area contributed by atoms with Crippen LogP contribution < -0.4 is 16.2 Å². The van der Waals surface area contributed by atoms with Gasteiger partial charge in [-0.15, -0.1) is 0 Å². The van der Waals surface area contributed by atoms with E-state index < -0.39 is 6.04 Å². The van der Waals surface area contributed by atoms with Crippen molar-refractivity contribution in [3.8, 4) is 0 Å². The summed E-state index contributed by atoms with van der Waals surface area (Å²) in [5, 5.41) is 5.34. The van der Waals surface area contributed by atoms with Crippen LogP contribution in [-0.4, -0.2) is 34.0 Å². The summed E-state index contributed by atoms with van der Waals surface area (Å²) in [6.07, 6.45) is 4.69. The largest absolute Gasteiger partial charge is 0.353 e. The number of nitrogens with zero attached hydrogens (tertiary/aromatic N) is 2. The van der Waals surface area contributed by atoms with E-state index in [0.29, 0.717) is 31.8 Å². The zero-order chi connectivity index (χ0) is 14.8. The van der Waals surface area contributed by atoms with E-state index in [9.17, 15) is 14.4 Å². The third kappa shape index (κ3) is 3.29. The van der Waals surface area contributed by atoms with E-state index in [1.54, 1.807) is 12.4 Å². The number of nitrogens with one attached hydrogen (secondary N) is 2. The summed E-state index contributed by atoms with van der Waals surface area (Å²) in [4.78, 5) is 39.0. The molecule has 2 N–H and O–H groups in total. The van der Waals surface area contributed by atoms with Gasteiger partial charge in [-0.1, -0.05) is 0 Å². The summed E-state index contributed by atoms with van der Waals surface area (Å²) in [6.45, 7) is 0.721. The molecule has 7 nitrogen and oxygen atoms in total. The van der Waals surface area contributed by atoms with Gasteiger partial charge in [-0.05, 0) is 19.3 Å². The van der Waals surface area contributed by atoms with Crippen LogP contribution in [-0.2, 0) is 16.1 Å². The van der Waals surface area contributed by atoms with Gasteiger partial charge in [0.15, 0.2) is 0 Å². The molecule has 1 aromatic heterocycles. The first-order valence-electron chi connectivity index (χ1n) is 7.27. The number of rotatable bonds is 5. The van der Waals surface area contributed by atoms with Crippen molar-refractivity contribution >= 4 is 11.8 Å². The highest BCUT2D eigenvalue weighted by molar-refractivity contribution is 5.90. The van der Waals surface area contributed by atoms with Crippen molar-refractivity contribution in [2.75, 3.05) is 6.54 Å². The predicted octanol–water partition coefficient (Wildman–Crippen LogP) is -0.484. The zero-order valence-electron chi connectivity index (χ0n) is 11.7. The van der Waals surface area contributed by atoms with E-state index in [1.807, 2.05) is 0 Å². The SMILES string of the molecule is O=C1CC[C@H](C(=O)NCCn2cnc(C3CC3)cc2=O)N1. The third-order valence-electron chi connectivity index (χ3n) is 3.86. The van der Waals surface area contributed by atoms with Gasteiger partial charge >= 0.3 is 0 Å². The number of carbonyl (C=O) groups excluding carboxylic acids is 2. The molecule has 2 aliphatic rings. The molecule has 1 saturated heterocycles. The van der Waals surface area contributed by atoms with Gasteiger partial charge in [-0.3, -0.25) is 19.0 Å². The van der Waals surface area contributed by atoms with Gasteiger partial charge in [0.25, 0.3) is 5.56 Å². The topological polar surface area (TPSA) is 93.1 Å². The summed E-state index contributed by atoms with van der Waals surface area (Å²) < 4.78 is 1.49. The molecule has 3 rings (SSSR count). The Hall–Kier alpha value is -2.18.